The maximum Gasteiger partial charge on any atom is 0.237 e. The summed E-state index contributed by atoms with van der Waals surface area (Å²) >= 11 is 0. The third-order valence-corrected chi connectivity index (χ3v) is 4.46. The molecular formula is C18H20N2O. The number of nitrogens with two attached hydrogens (primary N) is 1. The normalized spacial score (nSPS) is 16.1. The minimum absolute atomic E-state index is 0.144. The van der Waals surface area contributed by atoms with Crippen molar-refractivity contribution in [3.63, 3.8) is 0 Å². The Balaban J connectivity index is 2.04. The van der Waals surface area contributed by atoms with Crippen LogP contribution in [-0.4, -0.2) is 5.91 Å². The van der Waals surface area contributed by atoms with Gasteiger partial charge in [0.1, 0.15) is 0 Å². The summed E-state index contributed by atoms with van der Waals surface area (Å²) in [6.45, 7) is 6.54. The second-order valence-corrected chi connectivity index (χ2v) is 6.16. The Morgan fingerprint density at radius 1 is 1.10 bits per heavy atom. The number of hydrogen-bond acceptors (Lipinski definition) is 2. The van der Waals surface area contributed by atoms with Crippen molar-refractivity contribution in [2.45, 2.75) is 32.7 Å². The molecule has 2 aromatic carbocycles. The lowest BCUT2D eigenvalue weighted by molar-refractivity contribution is -0.122. The topological polar surface area (TPSA) is 46.3 Å². The first-order valence-corrected chi connectivity index (χ1v) is 7.18. The molecule has 0 unspecified atom stereocenters. The van der Waals surface area contributed by atoms with Gasteiger partial charge < -0.3 is 10.6 Å². The maximum absolute atomic E-state index is 12.8. The van der Waals surface area contributed by atoms with E-state index < -0.39 is 5.41 Å². The minimum Gasteiger partial charge on any atom is -0.399 e. The Hall–Kier alpha value is -2.29. The van der Waals surface area contributed by atoms with Crippen molar-refractivity contribution in [3.05, 3.63) is 59.2 Å². The van der Waals surface area contributed by atoms with Crippen LogP contribution in [0.25, 0.3) is 0 Å². The fraction of sp³-hybridized carbons (Fsp3) is 0.278. The largest absolute Gasteiger partial charge is 0.399 e. The number of carbonyl (C=O) groups excluding carboxylic acids is 1. The Labute approximate surface area is 125 Å². The van der Waals surface area contributed by atoms with Crippen molar-refractivity contribution in [3.8, 4) is 0 Å². The van der Waals surface area contributed by atoms with Crippen molar-refractivity contribution < 1.29 is 4.79 Å². The number of carbonyl (C=O) groups is 1. The van der Waals surface area contributed by atoms with Crippen LogP contribution in [0, 0.1) is 6.92 Å². The molecule has 0 bridgehead atoms. The third kappa shape index (κ3) is 2.00. The number of anilines is 2. The van der Waals surface area contributed by atoms with Crippen LogP contribution in [0.5, 0.6) is 0 Å². The van der Waals surface area contributed by atoms with Crippen molar-refractivity contribution in [1.82, 2.24) is 0 Å². The van der Waals surface area contributed by atoms with E-state index in [2.05, 4.69) is 0 Å². The zero-order chi connectivity index (χ0) is 15.2. The lowest BCUT2D eigenvalue weighted by atomic mass is 9.86. The fourth-order valence-electron chi connectivity index (χ4n) is 3.00. The molecule has 0 radical (unpaired) electrons. The minimum atomic E-state index is -0.467. The summed E-state index contributed by atoms with van der Waals surface area (Å²) in [5, 5.41) is 0. The Morgan fingerprint density at radius 3 is 2.57 bits per heavy atom. The molecule has 108 valence electrons. The van der Waals surface area contributed by atoms with E-state index in [1.807, 2.05) is 68.1 Å². The molecule has 1 aliphatic rings. The number of nitrogens with zero attached hydrogens (tertiary/aromatic N) is 1. The molecule has 0 aliphatic carbocycles. The van der Waals surface area contributed by atoms with Crippen LogP contribution in [0.2, 0.25) is 0 Å². The fourth-order valence-corrected chi connectivity index (χ4v) is 3.00. The van der Waals surface area contributed by atoms with E-state index >= 15 is 0 Å². The van der Waals surface area contributed by atoms with Crippen molar-refractivity contribution in [2.24, 2.45) is 0 Å². The van der Waals surface area contributed by atoms with Gasteiger partial charge in [0.05, 0.1) is 12.0 Å². The molecule has 1 heterocycles. The first-order chi connectivity index (χ1) is 9.93. The van der Waals surface area contributed by atoms with E-state index in [9.17, 15) is 4.79 Å². The van der Waals surface area contributed by atoms with Gasteiger partial charge in [-0.1, -0.05) is 30.3 Å². The van der Waals surface area contributed by atoms with Gasteiger partial charge in [-0.3, -0.25) is 4.79 Å². The van der Waals surface area contributed by atoms with Crippen LogP contribution in [0.15, 0.2) is 42.5 Å². The van der Waals surface area contributed by atoms with Crippen LogP contribution in [0.3, 0.4) is 0 Å². The van der Waals surface area contributed by atoms with Crippen LogP contribution in [0.4, 0.5) is 11.4 Å². The summed E-state index contributed by atoms with van der Waals surface area (Å²) in [6, 6.07) is 13.9. The highest BCUT2D eigenvalue weighted by Gasteiger charge is 2.43. The van der Waals surface area contributed by atoms with Crippen LogP contribution in [0.1, 0.15) is 30.5 Å². The van der Waals surface area contributed by atoms with Gasteiger partial charge >= 0.3 is 0 Å². The van der Waals surface area contributed by atoms with Gasteiger partial charge in [-0.05, 0) is 49.6 Å². The van der Waals surface area contributed by atoms with Crippen molar-refractivity contribution >= 4 is 17.3 Å². The summed E-state index contributed by atoms with van der Waals surface area (Å²) < 4.78 is 0. The van der Waals surface area contributed by atoms with Gasteiger partial charge in [-0.15, -0.1) is 0 Å². The molecule has 0 saturated heterocycles. The second-order valence-electron chi connectivity index (χ2n) is 6.16. The van der Waals surface area contributed by atoms with E-state index in [-0.39, 0.29) is 5.91 Å². The molecular weight excluding hydrogens is 260 g/mol. The summed E-state index contributed by atoms with van der Waals surface area (Å²) in [5.41, 5.74) is 10.5. The summed E-state index contributed by atoms with van der Waals surface area (Å²) in [6.07, 6.45) is 0. The van der Waals surface area contributed by atoms with Crippen molar-refractivity contribution in [1.29, 1.82) is 0 Å². The van der Waals surface area contributed by atoms with Gasteiger partial charge in [0.2, 0.25) is 5.91 Å². The molecule has 0 atom stereocenters. The maximum atomic E-state index is 12.8. The van der Waals surface area contributed by atoms with Gasteiger partial charge in [-0.25, -0.2) is 0 Å². The number of rotatable bonds is 2. The number of hydrogen-bond donors (Lipinski definition) is 1. The third-order valence-electron chi connectivity index (χ3n) is 4.46. The Morgan fingerprint density at radius 2 is 1.81 bits per heavy atom. The summed E-state index contributed by atoms with van der Waals surface area (Å²) in [4.78, 5) is 14.7. The Kier molecular flexibility index (Phi) is 3.01. The number of benzene rings is 2. The number of fused-ring (bicyclic) bond motifs is 1. The molecule has 3 rings (SSSR count). The van der Waals surface area contributed by atoms with Crippen molar-refractivity contribution in [2.75, 3.05) is 10.6 Å². The predicted octanol–water partition coefficient (Wildman–Crippen LogP) is 3.40. The molecule has 2 N–H and O–H groups in total. The predicted molar refractivity (Wildman–Crippen MR) is 86.2 cm³/mol. The second kappa shape index (κ2) is 4.62. The van der Waals surface area contributed by atoms with E-state index in [0.717, 1.165) is 28.1 Å². The van der Waals surface area contributed by atoms with E-state index in [1.54, 1.807) is 0 Å². The molecule has 0 aromatic heterocycles. The summed E-state index contributed by atoms with van der Waals surface area (Å²) in [7, 11) is 0. The molecule has 1 aliphatic heterocycles. The quantitative estimate of drug-likeness (QED) is 0.857. The molecule has 3 nitrogen and oxygen atoms in total. The molecule has 0 spiro atoms. The monoisotopic (exact) mass is 280 g/mol. The lowest BCUT2D eigenvalue weighted by Crippen LogP contribution is -2.35. The smallest absolute Gasteiger partial charge is 0.237 e. The zero-order valence-corrected chi connectivity index (χ0v) is 12.7. The first-order valence-electron chi connectivity index (χ1n) is 7.18. The molecule has 21 heavy (non-hydrogen) atoms. The summed E-state index contributed by atoms with van der Waals surface area (Å²) in [5.74, 6) is 0.144. The average molecular weight is 280 g/mol. The number of nitrogen functional groups attached to an aromatic ring is 1. The van der Waals surface area contributed by atoms with E-state index in [4.69, 9.17) is 5.73 Å². The molecule has 3 heteroatoms. The zero-order valence-electron chi connectivity index (χ0n) is 12.7. The molecule has 0 fully saturated rings. The van der Waals surface area contributed by atoms with Gasteiger partial charge in [0, 0.05) is 11.4 Å². The highest BCUT2D eigenvalue weighted by atomic mass is 16.2. The molecule has 0 saturated carbocycles. The molecule has 2 aromatic rings. The number of para-hydroxylation sites is 1. The Bertz CT molecular complexity index is 719. The first kappa shape index (κ1) is 13.7. The standard InChI is InChI=1S/C18H20N2O/c1-12-13(7-6-9-15(12)19)11-20-16-10-5-4-8-14(16)18(2,3)17(20)21/h4-10H,11,19H2,1-3H3. The van der Waals surface area contributed by atoms with Gasteiger partial charge in [0.15, 0.2) is 0 Å². The molecule has 1 amide bonds. The van der Waals surface area contributed by atoms with Gasteiger partial charge in [0.25, 0.3) is 0 Å². The van der Waals surface area contributed by atoms with Crippen LogP contribution >= 0.6 is 0 Å². The average Bonchev–Trinajstić information content (AvgIpc) is 2.65. The van der Waals surface area contributed by atoms with Crippen LogP contribution < -0.4 is 10.6 Å². The van der Waals surface area contributed by atoms with E-state index in [1.165, 1.54) is 0 Å². The van der Waals surface area contributed by atoms with Crippen LogP contribution in [-0.2, 0) is 16.8 Å². The number of amides is 1. The lowest BCUT2D eigenvalue weighted by Gasteiger charge is -2.21. The SMILES string of the molecule is Cc1c(N)cccc1CN1C(=O)C(C)(C)c2ccccc21. The van der Waals surface area contributed by atoms with E-state index in [0.29, 0.717) is 6.54 Å². The highest BCUT2D eigenvalue weighted by molar-refractivity contribution is 6.07. The highest BCUT2D eigenvalue weighted by Crippen LogP contribution is 2.42. The van der Waals surface area contributed by atoms with Gasteiger partial charge in [-0.2, -0.15) is 0 Å².